The zero-order valence-corrected chi connectivity index (χ0v) is 19.4. The maximum absolute atomic E-state index is 15.0. The number of halogens is 3. The molecule has 0 radical (unpaired) electrons. The van der Waals surface area contributed by atoms with Crippen LogP contribution in [0.25, 0.3) is 11.3 Å². The Hall–Kier alpha value is -3.50. The van der Waals surface area contributed by atoms with Gasteiger partial charge in [-0.1, -0.05) is 12.1 Å². The van der Waals surface area contributed by atoms with E-state index in [0.717, 1.165) is 31.0 Å². The van der Waals surface area contributed by atoms with Crippen LogP contribution in [0.1, 0.15) is 64.8 Å². The van der Waals surface area contributed by atoms with Crippen molar-refractivity contribution in [1.29, 1.82) is 0 Å². The predicted molar refractivity (Wildman–Crippen MR) is 128 cm³/mol. The standard InChI is InChI=1S/C26H27F3N4O3/c27-11-14-7-17(9-18(28)8-14)23(13-34)33-26(36)20-6-3-16(10-21(20)29)24-25(30)31-12-22(32-24)15-1-4-19(35)5-2-15/h3,6-10,12,15,19,23,34-35H,1-2,4-5,11,13H2,(H2,30,31)(H,33,36)/t15-,19+,23-/m1/s1. The Morgan fingerprint density at radius 2 is 1.89 bits per heavy atom. The van der Waals surface area contributed by atoms with Crippen molar-refractivity contribution in [3.8, 4) is 11.3 Å². The number of nitrogens with zero attached hydrogens (tertiary/aromatic N) is 2. The van der Waals surface area contributed by atoms with Crippen molar-refractivity contribution in [2.75, 3.05) is 12.3 Å². The molecule has 1 aromatic heterocycles. The smallest absolute Gasteiger partial charge is 0.254 e. The molecule has 1 aliphatic carbocycles. The fraction of sp³-hybridized carbons (Fsp3) is 0.346. The van der Waals surface area contributed by atoms with E-state index in [1.54, 1.807) is 6.20 Å². The number of aromatic nitrogens is 2. The molecule has 3 aromatic rings. The van der Waals surface area contributed by atoms with Crippen LogP contribution in [0, 0.1) is 11.6 Å². The van der Waals surface area contributed by atoms with E-state index in [2.05, 4.69) is 15.3 Å². The van der Waals surface area contributed by atoms with Gasteiger partial charge in [0.05, 0.1) is 36.2 Å². The summed E-state index contributed by atoms with van der Waals surface area (Å²) in [7, 11) is 0. The number of carbonyl (C=O) groups excluding carboxylic acids is 1. The van der Waals surface area contributed by atoms with Crippen LogP contribution in [0.15, 0.2) is 42.6 Å². The molecule has 1 atom stereocenters. The molecule has 0 spiro atoms. The average molecular weight is 501 g/mol. The zero-order valence-electron chi connectivity index (χ0n) is 19.4. The summed E-state index contributed by atoms with van der Waals surface area (Å²) in [6.45, 7) is -1.51. The number of benzene rings is 2. The number of alkyl halides is 1. The first-order chi connectivity index (χ1) is 17.3. The molecule has 36 heavy (non-hydrogen) atoms. The van der Waals surface area contributed by atoms with Gasteiger partial charge in [0.15, 0.2) is 0 Å². The van der Waals surface area contributed by atoms with Gasteiger partial charge < -0.3 is 21.3 Å². The molecule has 1 amide bonds. The molecular formula is C26H27F3N4O3. The Balaban J connectivity index is 1.55. The minimum Gasteiger partial charge on any atom is -0.394 e. The van der Waals surface area contributed by atoms with Gasteiger partial charge in [0, 0.05) is 11.5 Å². The highest BCUT2D eigenvalue weighted by Gasteiger charge is 2.24. The minimum absolute atomic E-state index is 0.0542. The third-order valence-electron chi connectivity index (χ3n) is 6.45. The maximum Gasteiger partial charge on any atom is 0.254 e. The molecule has 0 bridgehead atoms. The number of nitrogens with one attached hydrogen (secondary N) is 1. The van der Waals surface area contributed by atoms with E-state index in [1.807, 2.05) is 0 Å². The summed E-state index contributed by atoms with van der Waals surface area (Å²) >= 11 is 0. The molecule has 4 rings (SSSR count). The first-order valence-electron chi connectivity index (χ1n) is 11.7. The number of hydrogen-bond acceptors (Lipinski definition) is 6. The number of amides is 1. The first-order valence-corrected chi connectivity index (χ1v) is 11.7. The second-order valence-electron chi connectivity index (χ2n) is 8.96. The molecule has 1 fully saturated rings. The third-order valence-corrected chi connectivity index (χ3v) is 6.45. The summed E-state index contributed by atoms with van der Waals surface area (Å²) in [4.78, 5) is 21.6. The van der Waals surface area contributed by atoms with Crippen molar-refractivity contribution in [3.05, 3.63) is 76.6 Å². The molecule has 5 N–H and O–H groups in total. The number of rotatable bonds is 7. The minimum atomic E-state index is -1.07. The highest BCUT2D eigenvalue weighted by Crippen LogP contribution is 2.34. The van der Waals surface area contributed by atoms with Crippen LogP contribution >= 0.6 is 0 Å². The first kappa shape index (κ1) is 25.6. The molecule has 1 aliphatic rings. The Labute approximate surface area is 206 Å². The van der Waals surface area contributed by atoms with E-state index in [-0.39, 0.29) is 40.2 Å². The number of hydrogen-bond donors (Lipinski definition) is 4. The van der Waals surface area contributed by atoms with Gasteiger partial charge >= 0.3 is 0 Å². The normalized spacial score (nSPS) is 18.6. The Morgan fingerprint density at radius 1 is 1.14 bits per heavy atom. The van der Waals surface area contributed by atoms with Crippen molar-refractivity contribution >= 4 is 11.7 Å². The summed E-state index contributed by atoms with van der Waals surface area (Å²) in [6, 6.07) is 6.22. The Morgan fingerprint density at radius 3 is 2.56 bits per heavy atom. The molecule has 0 aliphatic heterocycles. The van der Waals surface area contributed by atoms with Gasteiger partial charge in [-0.3, -0.25) is 4.79 Å². The van der Waals surface area contributed by atoms with Crippen molar-refractivity contribution in [3.63, 3.8) is 0 Å². The number of anilines is 1. The molecule has 2 aromatic carbocycles. The average Bonchev–Trinajstić information content (AvgIpc) is 2.87. The molecule has 1 saturated carbocycles. The highest BCUT2D eigenvalue weighted by molar-refractivity contribution is 5.95. The number of nitrogen functional groups attached to an aromatic ring is 1. The summed E-state index contributed by atoms with van der Waals surface area (Å²) in [5, 5.41) is 21.9. The van der Waals surface area contributed by atoms with Crippen LogP contribution in [-0.2, 0) is 6.67 Å². The van der Waals surface area contributed by atoms with Crippen LogP contribution in [0.2, 0.25) is 0 Å². The number of nitrogens with two attached hydrogens (primary N) is 1. The van der Waals surface area contributed by atoms with Gasteiger partial charge in [-0.2, -0.15) is 0 Å². The van der Waals surface area contributed by atoms with Crippen molar-refractivity contribution < 1.29 is 28.2 Å². The lowest BCUT2D eigenvalue weighted by molar-refractivity contribution is 0.0912. The van der Waals surface area contributed by atoms with Crippen molar-refractivity contribution in [2.24, 2.45) is 0 Å². The lowest BCUT2D eigenvalue weighted by Gasteiger charge is -2.25. The van der Waals surface area contributed by atoms with E-state index in [0.29, 0.717) is 24.1 Å². The quantitative estimate of drug-likeness (QED) is 0.390. The lowest BCUT2D eigenvalue weighted by atomic mass is 9.85. The highest BCUT2D eigenvalue weighted by atomic mass is 19.1. The maximum atomic E-state index is 15.0. The topological polar surface area (TPSA) is 121 Å². The molecule has 0 unspecified atom stereocenters. The monoisotopic (exact) mass is 500 g/mol. The van der Waals surface area contributed by atoms with Crippen LogP contribution in [0.5, 0.6) is 0 Å². The van der Waals surface area contributed by atoms with E-state index < -0.39 is 36.9 Å². The van der Waals surface area contributed by atoms with E-state index in [9.17, 15) is 23.8 Å². The van der Waals surface area contributed by atoms with E-state index >= 15 is 4.39 Å². The van der Waals surface area contributed by atoms with Gasteiger partial charge in [-0.25, -0.2) is 23.1 Å². The van der Waals surface area contributed by atoms with Crippen molar-refractivity contribution in [2.45, 2.75) is 50.4 Å². The molecule has 7 nitrogen and oxygen atoms in total. The van der Waals surface area contributed by atoms with Crippen LogP contribution < -0.4 is 11.1 Å². The van der Waals surface area contributed by atoms with E-state index in [4.69, 9.17) is 5.73 Å². The Kier molecular flexibility index (Phi) is 7.85. The molecular weight excluding hydrogens is 473 g/mol. The van der Waals surface area contributed by atoms with Crippen LogP contribution in [-0.4, -0.2) is 38.8 Å². The van der Waals surface area contributed by atoms with E-state index in [1.165, 1.54) is 18.2 Å². The van der Waals surface area contributed by atoms with Gasteiger partial charge in [0.1, 0.15) is 29.8 Å². The van der Waals surface area contributed by atoms with Gasteiger partial charge in [-0.15, -0.1) is 0 Å². The van der Waals surface area contributed by atoms with Crippen LogP contribution in [0.4, 0.5) is 19.0 Å². The fourth-order valence-electron chi connectivity index (χ4n) is 4.46. The number of aliphatic hydroxyl groups is 2. The Bertz CT molecular complexity index is 1250. The molecule has 190 valence electrons. The SMILES string of the molecule is Nc1ncc([C@H]2CC[C@@H](O)CC2)nc1-c1ccc(C(=O)N[C@H](CO)c2cc(F)cc(CF)c2)c(F)c1. The number of carbonyl (C=O) groups is 1. The molecule has 10 heteroatoms. The second kappa shape index (κ2) is 11.0. The summed E-state index contributed by atoms with van der Waals surface area (Å²) < 4.78 is 41.8. The van der Waals surface area contributed by atoms with Gasteiger partial charge in [0.2, 0.25) is 0 Å². The third kappa shape index (κ3) is 5.66. The van der Waals surface area contributed by atoms with Crippen LogP contribution in [0.3, 0.4) is 0 Å². The summed E-state index contributed by atoms with van der Waals surface area (Å²) in [5.74, 6) is -2.17. The summed E-state index contributed by atoms with van der Waals surface area (Å²) in [6.07, 6.45) is 4.14. The molecule has 1 heterocycles. The predicted octanol–water partition coefficient (Wildman–Crippen LogP) is 3.96. The summed E-state index contributed by atoms with van der Waals surface area (Å²) in [5.41, 5.74) is 7.25. The second-order valence-corrected chi connectivity index (χ2v) is 8.96. The number of aliphatic hydroxyl groups excluding tert-OH is 2. The van der Waals surface area contributed by atoms with Crippen molar-refractivity contribution in [1.82, 2.24) is 15.3 Å². The largest absolute Gasteiger partial charge is 0.394 e. The van der Waals surface area contributed by atoms with Gasteiger partial charge in [-0.05, 0) is 61.1 Å². The molecule has 0 saturated heterocycles. The zero-order chi connectivity index (χ0) is 25.8. The fourth-order valence-corrected chi connectivity index (χ4v) is 4.46. The lowest BCUT2D eigenvalue weighted by Crippen LogP contribution is -2.31. The van der Waals surface area contributed by atoms with Gasteiger partial charge in [0.25, 0.3) is 5.91 Å².